The van der Waals surface area contributed by atoms with Crippen molar-refractivity contribution in [1.82, 2.24) is 0 Å². The lowest BCUT2D eigenvalue weighted by atomic mass is 10.1. The molecule has 4 heteroatoms. The summed E-state index contributed by atoms with van der Waals surface area (Å²) in [5.74, 6) is 0. The smallest absolute Gasteiger partial charge is 0.147 e. The molecule has 4 nitrogen and oxygen atoms in total. The van der Waals surface area contributed by atoms with Gasteiger partial charge in [-0.2, -0.15) is 0 Å². The Hall–Kier alpha value is -0.420. The quantitative estimate of drug-likeness (QED) is 0.239. The molecule has 0 unspecified atom stereocenters. The maximum Gasteiger partial charge on any atom is 0.147 e. The van der Waals surface area contributed by atoms with Gasteiger partial charge in [-0.3, -0.25) is 0 Å². The van der Waals surface area contributed by atoms with E-state index in [2.05, 4.69) is 6.58 Å². The molecule has 0 spiro atoms. The van der Waals surface area contributed by atoms with Crippen LogP contribution < -0.4 is 0 Å². The molecule has 0 aromatic rings. The summed E-state index contributed by atoms with van der Waals surface area (Å²) >= 11 is 0. The molecule has 0 aromatic heterocycles. The van der Waals surface area contributed by atoms with Crippen LogP contribution in [0.3, 0.4) is 0 Å². The van der Waals surface area contributed by atoms with E-state index in [4.69, 9.17) is 18.9 Å². The Bertz CT molecular complexity index is 168. The number of ether oxygens (including phenoxy) is 4. The van der Waals surface area contributed by atoms with Gasteiger partial charge in [0.2, 0.25) is 0 Å². The van der Waals surface area contributed by atoms with E-state index in [0.29, 0.717) is 26.1 Å². The lowest BCUT2D eigenvalue weighted by Crippen LogP contribution is -2.17. The van der Waals surface area contributed by atoms with Crippen molar-refractivity contribution in [2.75, 3.05) is 33.7 Å². The van der Waals surface area contributed by atoms with Crippen molar-refractivity contribution in [3.8, 4) is 0 Å². The van der Waals surface area contributed by atoms with Crippen LogP contribution in [0.15, 0.2) is 12.7 Å². The first-order chi connectivity index (χ1) is 7.36. The van der Waals surface area contributed by atoms with Gasteiger partial charge < -0.3 is 18.9 Å². The van der Waals surface area contributed by atoms with Gasteiger partial charge in [0.15, 0.2) is 0 Å². The summed E-state index contributed by atoms with van der Waals surface area (Å²) in [4.78, 5) is 0. The Kier molecular flexibility index (Phi) is 6.59. The normalized spacial score (nSPS) is 21.3. The molecule has 2 atom stereocenters. The average Bonchev–Trinajstić information content (AvgIpc) is 3.01. The molecular formula is C11H20O4. The maximum atomic E-state index is 5.55. The Labute approximate surface area is 91.1 Å². The third-order valence-electron chi connectivity index (χ3n) is 2.18. The third kappa shape index (κ3) is 6.62. The van der Waals surface area contributed by atoms with Crippen molar-refractivity contribution in [2.45, 2.75) is 25.0 Å². The van der Waals surface area contributed by atoms with Crippen LogP contribution in [0, 0.1) is 0 Å². The van der Waals surface area contributed by atoms with Crippen LogP contribution in [-0.2, 0) is 18.9 Å². The number of methoxy groups -OCH3 is 1. The van der Waals surface area contributed by atoms with E-state index >= 15 is 0 Å². The van der Waals surface area contributed by atoms with Crippen LogP contribution >= 0.6 is 0 Å². The van der Waals surface area contributed by atoms with Crippen LogP contribution in [0.2, 0.25) is 0 Å². The Morgan fingerprint density at radius 3 is 2.93 bits per heavy atom. The lowest BCUT2D eigenvalue weighted by molar-refractivity contribution is -0.0993. The molecule has 1 aliphatic rings. The molecule has 15 heavy (non-hydrogen) atoms. The zero-order chi connectivity index (χ0) is 10.9. The SMILES string of the molecule is C=CC[C@H](C[C@@H]1CO1)OCOCCOC. The number of epoxide rings is 1. The van der Waals surface area contributed by atoms with Crippen LogP contribution in [0.1, 0.15) is 12.8 Å². The molecule has 0 amide bonds. The minimum Gasteiger partial charge on any atom is -0.382 e. The molecule has 0 radical (unpaired) electrons. The fourth-order valence-electron chi connectivity index (χ4n) is 1.26. The fraction of sp³-hybridized carbons (Fsp3) is 0.818. The highest BCUT2D eigenvalue weighted by atomic mass is 16.7. The van der Waals surface area contributed by atoms with E-state index in [-0.39, 0.29) is 6.10 Å². The van der Waals surface area contributed by atoms with Gasteiger partial charge in [0, 0.05) is 13.5 Å². The van der Waals surface area contributed by atoms with E-state index in [9.17, 15) is 0 Å². The topological polar surface area (TPSA) is 40.2 Å². The van der Waals surface area contributed by atoms with E-state index in [1.54, 1.807) is 7.11 Å². The van der Waals surface area contributed by atoms with Crippen LogP contribution in [0.5, 0.6) is 0 Å². The van der Waals surface area contributed by atoms with Gasteiger partial charge in [-0.05, 0) is 6.42 Å². The number of hydrogen-bond acceptors (Lipinski definition) is 4. The second kappa shape index (κ2) is 7.82. The molecule has 1 saturated heterocycles. The second-order valence-electron chi connectivity index (χ2n) is 3.52. The first-order valence-corrected chi connectivity index (χ1v) is 5.27. The highest BCUT2D eigenvalue weighted by molar-refractivity contribution is 4.80. The standard InChI is InChI=1S/C11H20O4/c1-3-4-10(7-11-8-14-11)15-9-13-6-5-12-2/h3,10-11H,1,4-9H2,2H3/t10-,11-/m1/s1. The fourth-order valence-corrected chi connectivity index (χ4v) is 1.26. The summed E-state index contributed by atoms with van der Waals surface area (Å²) in [5.41, 5.74) is 0. The van der Waals surface area contributed by atoms with Gasteiger partial charge >= 0.3 is 0 Å². The first-order valence-electron chi connectivity index (χ1n) is 5.27. The lowest BCUT2D eigenvalue weighted by Gasteiger charge is -2.15. The molecule has 0 N–H and O–H groups in total. The second-order valence-corrected chi connectivity index (χ2v) is 3.52. The minimum absolute atomic E-state index is 0.164. The van der Waals surface area contributed by atoms with Crippen molar-refractivity contribution in [3.05, 3.63) is 12.7 Å². The predicted molar refractivity (Wildman–Crippen MR) is 56.7 cm³/mol. The van der Waals surface area contributed by atoms with Crippen molar-refractivity contribution < 1.29 is 18.9 Å². The summed E-state index contributed by atoms with van der Waals surface area (Å²) in [6, 6.07) is 0. The Morgan fingerprint density at radius 2 is 2.33 bits per heavy atom. The van der Waals surface area contributed by atoms with E-state index in [0.717, 1.165) is 19.4 Å². The number of rotatable bonds is 10. The third-order valence-corrected chi connectivity index (χ3v) is 2.18. The number of hydrogen-bond donors (Lipinski definition) is 0. The summed E-state index contributed by atoms with van der Waals surface area (Å²) in [5, 5.41) is 0. The Balaban J connectivity index is 1.99. The summed E-state index contributed by atoms with van der Waals surface area (Å²) in [6.07, 6.45) is 4.18. The maximum absolute atomic E-state index is 5.55. The highest BCUT2D eigenvalue weighted by Gasteiger charge is 2.26. The van der Waals surface area contributed by atoms with E-state index in [1.807, 2.05) is 6.08 Å². The van der Waals surface area contributed by atoms with Crippen LogP contribution in [0.25, 0.3) is 0 Å². The van der Waals surface area contributed by atoms with Gasteiger partial charge in [0.25, 0.3) is 0 Å². The van der Waals surface area contributed by atoms with Gasteiger partial charge in [0.1, 0.15) is 6.79 Å². The molecular weight excluding hydrogens is 196 g/mol. The van der Waals surface area contributed by atoms with E-state index in [1.165, 1.54) is 0 Å². The van der Waals surface area contributed by atoms with Crippen LogP contribution in [0.4, 0.5) is 0 Å². The minimum atomic E-state index is 0.164. The molecule has 88 valence electrons. The van der Waals surface area contributed by atoms with Crippen molar-refractivity contribution in [3.63, 3.8) is 0 Å². The summed E-state index contributed by atoms with van der Waals surface area (Å²) in [7, 11) is 1.65. The molecule has 1 aliphatic heterocycles. The van der Waals surface area contributed by atoms with Gasteiger partial charge in [-0.15, -0.1) is 6.58 Å². The average molecular weight is 216 g/mol. The van der Waals surface area contributed by atoms with Crippen molar-refractivity contribution in [1.29, 1.82) is 0 Å². The molecule has 1 heterocycles. The largest absolute Gasteiger partial charge is 0.382 e. The summed E-state index contributed by atoms with van der Waals surface area (Å²) < 4.78 is 20.8. The van der Waals surface area contributed by atoms with E-state index < -0.39 is 0 Å². The van der Waals surface area contributed by atoms with Crippen molar-refractivity contribution in [2.24, 2.45) is 0 Å². The Morgan fingerprint density at radius 1 is 1.53 bits per heavy atom. The molecule has 0 saturated carbocycles. The molecule has 0 bridgehead atoms. The van der Waals surface area contributed by atoms with Crippen molar-refractivity contribution >= 4 is 0 Å². The van der Waals surface area contributed by atoms with Crippen LogP contribution in [-0.4, -0.2) is 45.9 Å². The summed E-state index contributed by atoms with van der Waals surface area (Å²) in [6.45, 7) is 6.05. The molecule has 1 rings (SSSR count). The molecule has 0 aliphatic carbocycles. The zero-order valence-corrected chi connectivity index (χ0v) is 9.31. The van der Waals surface area contributed by atoms with Gasteiger partial charge in [0.05, 0.1) is 32.0 Å². The molecule has 0 aromatic carbocycles. The van der Waals surface area contributed by atoms with Gasteiger partial charge in [-0.25, -0.2) is 0 Å². The zero-order valence-electron chi connectivity index (χ0n) is 9.31. The molecule has 1 fully saturated rings. The predicted octanol–water partition coefficient (Wildman–Crippen LogP) is 1.36. The van der Waals surface area contributed by atoms with Gasteiger partial charge in [-0.1, -0.05) is 6.08 Å². The first kappa shape index (κ1) is 12.6. The highest BCUT2D eigenvalue weighted by Crippen LogP contribution is 2.19. The monoisotopic (exact) mass is 216 g/mol.